The molecule has 5 nitrogen and oxygen atoms in total. The van der Waals surface area contributed by atoms with Gasteiger partial charge in [0.1, 0.15) is 10.7 Å². The standard InChI is InChI=1S/C12H19N3O2S/c1-2-10-18(16,17)11-4-3-5-14-12(11)15-8-6-13-7-9-15/h3-5,13H,2,6-10H2,1H3. The number of nitrogens with one attached hydrogen (secondary N) is 1. The van der Waals surface area contributed by atoms with Crippen molar-refractivity contribution in [2.45, 2.75) is 18.2 Å². The predicted molar refractivity (Wildman–Crippen MR) is 71.7 cm³/mol. The van der Waals surface area contributed by atoms with E-state index in [0.29, 0.717) is 17.1 Å². The summed E-state index contributed by atoms with van der Waals surface area (Å²) in [4.78, 5) is 6.68. The lowest BCUT2D eigenvalue weighted by molar-refractivity contribution is 0.575. The number of piperazine rings is 1. The molecule has 0 bridgehead atoms. The minimum atomic E-state index is -3.21. The fourth-order valence-corrected chi connectivity index (χ4v) is 3.62. The average Bonchev–Trinajstić information content (AvgIpc) is 2.40. The van der Waals surface area contributed by atoms with Crippen LogP contribution in [0.25, 0.3) is 0 Å². The van der Waals surface area contributed by atoms with Crippen LogP contribution >= 0.6 is 0 Å². The maximum absolute atomic E-state index is 12.2. The summed E-state index contributed by atoms with van der Waals surface area (Å²) in [5, 5.41) is 3.25. The maximum Gasteiger partial charge on any atom is 0.182 e. The molecule has 1 saturated heterocycles. The fourth-order valence-electron chi connectivity index (χ4n) is 2.12. The van der Waals surface area contributed by atoms with Crippen molar-refractivity contribution in [3.63, 3.8) is 0 Å². The van der Waals surface area contributed by atoms with Crippen LogP contribution < -0.4 is 10.2 Å². The SMILES string of the molecule is CCCS(=O)(=O)c1cccnc1N1CCNCC1. The Balaban J connectivity index is 2.36. The minimum Gasteiger partial charge on any atom is -0.353 e. The Morgan fingerprint density at radius 1 is 1.39 bits per heavy atom. The van der Waals surface area contributed by atoms with E-state index in [-0.39, 0.29) is 5.75 Å². The lowest BCUT2D eigenvalue weighted by atomic mass is 10.3. The van der Waals surface area contributed by atoms with Crippen LogP contribution in [0.5, 0.6) is 0 Å². The first-order valence-corrected chi connectivity index (χ1v) is 7.94. The Hall–Kier alpha value is -1.14. The number of rotatable bonds is 4. The smallest absolute Gasteiger partial charge is 0.182 e. The van der Waals surface area contributed by atoms with E-state index in [1.807, 2.05) is 11.8 Å². The maximum atomic E-state index is 12.2. The van der Waals surface area contributed by atoms with Crippen LogP contribution in [-0.4, -0.2) is 45.3 Å². The Labute approximate surface area is 108 Å². The molecule has 2 heterocycles. The highest BCUT2D eigenvalue weighted by Crippen LogP contribution is 2.24. The molecular weight excluding hydrogens is 250 g/mol. The van der Waals surface area contributed by atoms with Crippen molar-refractivity contribution < 1.29 is 8.42 Å². The Morgan fingerprint density at radius 2 is 2.11 bits per heavy atom. The van der Waals surface area contributed by atoms with Crippen LogP contribution in [0.2, 0.25) is 0 Å². The molecule has 0 amide bonds. The van der Waals surface area contributed by atoms with E-state index in [9.17, 15) is 8.42 Å². The van der Waals surface area contributed by atoms with Crippen molar-refractivity contribution in [3.8, 4) is 0 Å². The van der Waals surface area contributed by atoms with Gasteiger partial charge < -0.3 is 10.2 Å². The van der Waals surface area contributed by atoms with Crippen LogP contribution in [-0.2, 0) is 9.84 Å². The van der Waals surface area contributed by atoms with Gasteiger partial charge in [-0.05, 0) is 18.6 Å². The summed E-state index contributed by atoms with van der Waals surface area (Å²) >= 11 is 0. The zero-order valence-corrected chi connectivity index (χ0v) is 11.4. The topological polar surface area (TPSA) is 62.3 Å². The van der Waals surface area contributed by atoms with Crippen molar-refractivity contribution >= 4 is 15.7 Å². The summed E-state index contributed by atoms with van der Waals surface area (Å²) in [5.74, 6) is 0.782. The zero-order valence-electron chi connectivity index (χ0n) is 10.6. The van der Waals surface area contributed by atoms with Crippen LogP contribution in [0.4, 0.5) is 5.82 Å². The molecule has 0 unspecified atom stereocenters. The first kappa shape index (κ1) is 13.3. The molecule has 6 heteroatoms. The molecule has 2 rings (SSSR count). The Morgan fingerprint density at radius 3 is 2.78 bits per heavy atom. The number of hydrogen-bond donors (Lipinski definition) is 1. The molecular formula is C12H19N3O2S. The molecule has 1 aromatic heterocycles. The number of aromatic nitrogens is 1. The summed E-state index contributed by atoms with van der Waals surface area (Å²) in [6.45, 7) is 5.20. The van der Waals surface area contributed by atoms with Crippen molar-refractivity contribution in [2.75, 3.05) is 36.8 Å². The molecule has 0 aliphatic carbocycles. The van der Waals surface area contributed by atoms with Gasteiger partial charge in [-0.25, -0.2) is 13.4 Å². The fraction of sp³-hybridized carbons (Fsp3) is 0.583. The molecule has 0 atom stereocenters. The molecule has 100 valence electrons. The van der Waals surface area contributed by atoms with Gasteiger partial charge in [0.05, 0.1) is 5.75 Å². The highest BCUT2D eigenvalue weighted by molar-refractivity contribution is 7.91. The normalized spacial score (nSPS) is 16.8. The lowest BCUT2D eigenvalue weighted by Gasteiger charge is -2.29. The van der Waals surface area contributed by atoms with E-state index in [1.165, 1.54) is 0 Å². The third-order valence-electron chi connectivity index (χ3n) is 2.98. The third kappa shape index (κ3) is 2.81. The lowest BCUT2D eigenvalue weighted by Crippen LogP contribution is -2.44. The number of sulfone groups is 1. The Bertz CT molecular complexity index is 496. The molecule has 1 fully saturated rings. The number of nitrogens with zero attached hydrogens (tertiary/aromatic N) is 2. The molecule has 18 heavy (non-hydrogen) atoms. The monoisotopic (exact) mass is 269 g/mol. The highest BCUT2D eigenvalue weighted by Gasteiger charge is 2.23. The summed E-state index contributed by atoms with van der Waals surface area (Å²) in [7, 11) is -3.21. The van der Waals surface area contributed by atoms with Crippen molar-refractivity contribution in [2.24, 2.45) is 0 Å². The van der Waals surface area contributed by atoms with Gasteiger partial charge in [-0.15, -0.1) is 0 Å². The average molecular weight is 269 g/mol. The van der Waals surface area contributed by atoms with Crippen molar-refractivity contribution in [1.29, 1.82) is 0 Å². The molecule has 0 radical (unpaired) electrons. The van der Waals surface area contributed by atoms with E-state index in [2.05, 4.69) is 10.3 Å². The van der Waals surface area contributed by atoms with E-state index in [0.717, 1.165) is 26.2 Å². The van der Waals surface area contributed by atoms with Crippen LogP contribution in [0, 0.1) is 0 Å². The van der Waals surface area contributed by atoms with Crippen LogP contribution in [0.1, 0.15) is 13.3 Å². The zero-order chi connectivity index (χ0) is 13.0. The van der Waals surface area contributed by atoms with E-state index >= 15 is 0 Å². The second-order valence-corrected chi connectivity index (χ2v) is 6.46. The highest BCUT2D eigenvalue weighted by atomic mass is 32.2. The van der Waals surface area contributed by atoms with E-state index in [4.69, 9.17) is 0 Å². The summed E-state index contributed by atoms with van der Waals surface area (Å²) in [6, 6.07) is 3.35. The van der Waals surface area contributed by atoms with Crippen molar-refractivity contribution in [3.05, 3.63) is 18.3 Å². The number of pyridine rings is 1. The van der Waals surface area contributed by atoms with E-state index < -0.39 is 9.84 Å². The molecule has 1 aliphatic heterocycles. The Kier molecular flexibility index (Phi) is 4.19. The first-order valence-electron chi connectivity index (χ1n) is 6.28. The second-order valence-electron chi connectivity index (χ2n) is 4.38. The molecule has 0 aromatic carbocycles. The van der Waals surface area contributed by atoms with Gasteiger partial charge in [-0.2, -0.15) is 0 Å². The quantitative estimate of drug-likeness (QED) is 0.870. The summed E-state index contributed by atoms with van der Waals surface area (Å²) in [6.07, 6.45) is 2.28. The summed E-state index contributed by atoms with van der Waals surface area (Å²) < 4.78 is 24.4. The van der Waals surface area contributed by atoms with Gasteiger partial charge in [0.15, 0.2) is 9.84 Å². The molecule has 1 aromatic rings. The van der Waals surface area contributed by atoms with Gasteiger partial charge in [-0.3, -0.25) is 0 Å². The van der Waals surface area contributed by atoms with Gasteiger partial charge in [0.25, 0.3) is 0 Å². The second kappa shape index (κ2) is 5.67. The molecule has 1 aliphatic rings. The van der Waals surface area contributed by atoms with Crippen LogP contribution in [0.15, 0.2) is 23.2 Å². The summed E-state index contributed by atoms with van der Waals surface area (Å²) in [5.41, 5.74) is 0. The van der Waals surface area contributed by atoms with E-state index in [1.54, 1.807) is 18.3 Å². The molecule has 1 N–H and O–H groups in total. The first-order chi connectivity index (χ1) is 8.65. The number of hydrogen-bond acceptors (Lipinski definition) is 5. The van der Waals surface area contributed by atoms with Crippen LogP contribution in [0.3, 0.4) is 0 Å². The predicted octanol–water partition coefficient (Wildman–Crippen LogP) is 0.675. The molecule has 0 saturated carbocycles. The number of anilines is 1. The minimum absolute atomic E-state index is 0.178. The van der Waals surface area contributed by atoms with Gasteiger partial charge in [-0.1, -0.05) is 6.92 Å². The van der Waals surface area contributed by atoms with Gasteiger partial charge in [0.2, 0.25) is 0 Å². The molecule has 0 spiro atoms. The van der Waals surface area contributed by atoms with Gasteiger partial charge >= 0.3 is 0 Å². The largest absolute Gasteiger partial charge is 0.353 e. The third-order valence-corrected chi connectivity index (χ3v) is 4.91. The van der Waals surface area contributed by atoms with Crippen molar-refractivity contribution in [1.82, 2.24) is 10.3 Å². The van der Waals surface area contributed by atoms with Gasteiger partial charge in [0, 0.05) is 32.4 Å².